The van der Waals surface area contributed by atoms with Gasteiger partial charge in [-0.3, -0.25) is 0 Å². The van der Waals surface area contributed by atoms with Gasteiger partial charge >= 0.3 is 12.1 Å². The van der Waals surface area contributed by atoms with Crippen molar-refractivity contribution in [3.05, 3.63) is 45.8 Å². The Morgan fingerprint density at radius 3 is 2.28 bits per heavy atom. The fraction of sp³-hybridized carbons (Fsp3) is 0.429. The molecule has 10 nitrogen and oxygen atoms in total. The fourth-order valence-electron chi connectivity index (χ4n) is 1.68. The number of carbonyl (C=O) groups is 2. The van der Waals surface area contributed by atoms with Crippen LogP contribution in [0.3, 0.4) is 0 Å². The number of hydrogen-bond acceptors (Lipinski definition) is 6. The van der Waals surface area contributed by atoms with Crippen LogP contribution in [0.5, 0.6) is 0 Å². The molecule has 0 atom stereocenters. The van der Waals surface area contributed by atoms with Gasteiger partial charge in [-0.25, -0.2) is 18.0 Å². The van der Waals surface area contributed by atoms with E-state index in [4.69, 9.17) is 15.4 Å². The first-order valence-corrected chi connectivity index (χ1v) is 8.63. The van der Waals surface area contributed by atoms with Gasteiger partial charge in [-0.05, 0) is 44.0 Å². The molecule has 0 heterocycles. The van der Waals surface area contributed by atoms with Crippen molar-refractivity contribution in [2.24, 2.45) is 5.11 Å². The molecule has 0 fully saturated rings. The molecule has 0 aliphatic rings. The highest BCUT2D eigenvalue weighted by molar-refractivity contribution is 7.89. The van der Waals surface area contributed by atoms with Gasteiger partial charge < -0.3 is 9.84 Å². The van der Waals surface area contributed by atoms with E-state index < -0.39 is 40.1 Å². The van der Waals surface area contributed by atoms with E-state index in [1.54, 1.807) is 20.8 Å². The third kappa shape index (κ3) is 6.32. The molecule has 0 aliphatic carbocycles. The summed E-state index contributed by atoms with van der Waals surface area (Å²) in [7, 11) is -4.26. The zero-order valence-electron chi connectivity index (χ0n) is 13.9. The maximum absolute atomic E-state index is 12.3. The van der Waals surface area contributed by atoms with E-state index in [0.717, 1.165) is 0 Å². The molecule has 1 aromatic carbocycles. The standard InChI is InChI=1S/C14H18N4O6S/c1-14(2,3)24-13(21)18(25(22,23)9-16-17-15)8-10-4-6-11(7-5-10)12(19)20/h4-7H,8-9H2,1-3H3,(H,19,20). The predicted octanol–water partition coefficient (Wildman–Crippen LogP) is 2.72. The van der Waals surface area contributed by atoms with Gasteiger partial charge in [0.15, 0.2) is 0 Å². The minimum Gasteiger partial charge on any atom is -0.478 e. The molecule has 136 valence electrons. The maximum Gasteiger partial charge on any atom is 0.424 e. The number of carboxylic acids is 1. The molecule has 0 unspecified atom stereocenters. The maximum atomic E-state index is 12.3. The SMILES string of the molecule is CC(C)(C)OC(=O)N(Cc1ccc(C(=O)O)cc1)S(=O)(=O)CN=[N+]=[N-]. The first kappa shape index (κ1) is 20.3. The van der Waals surface area contributed by atoms with Crippen LogP contribution in [-0.2, 0) is 21.3 Å². The Balaban J connectivity index is 3.15. The van der Waals surface area contributed by atoms with Crippen molar-refractivity contribution >= 4 is 22.1 Å². The highest BCUT2D eigenvalue weighted by Gasteiger charge is 2.31. The summed E-state index contributed by atoms with van der Waals surface area (Å²) in [6.07, 6.45) is -1.12. The summed E-state index contributed by atoms with van der Waals surface area (Å²) in [5.41, 5.74) is 7.76. The Hall–Kier alpha value is -2.78. The quantitative estimate of drug-likeness (QED) is 0.462. The molecule has 1 N–H and O–H groups in total. The van der Waals surface area contributed by atoms with Gasteiger partial charge in [0.2, 0.25) is 10.0 Å². The number of rotatable bonds is 6. The summed E-state index contributed by atoms with van der Waals surface area (Å²) in [5.74, 6) is -2.08. The summed E-state index contributed by atoms with van der Waals surface area (Å²) in [4.78, 5) is 25.5. The van der Waals surface area contributed by atoms with Crippen LogP contribution >= 0.6 is 0 Å². The monoisotopic (exact) mass is 370 g/mol. The Bertz CT molecular complexity index is 792. The van der Waals surface area contributed by atoms with Gasteiger partial charge in [-0.1, -0.05) is 17.2 Å². The van der Waals surface area contributed by atoms with Crippen molar-refractivity contribution in [2.75, 3.05) is 5.88 Å². The Morgan fingerprint density at radius 2 is 1.84 bits per heavy atom. The van der Waals surface area contributed by atoms with Crippen molar-refractivity contribution in [1.82, 2.24) is 4.31 Å². The smallest absolute Gasteiger partial charge is 0.424 e. The number of hydrogen-bond donors (Lipinski definition) is 1. The van der Waals surface area contributed by atoms with Crippen molar-refractivity contribution < 1.29 is 27.9 Å². The van der Waals surface area contributed by atoms with E-state index in [1.807, 2.05) is 0 Å². The molecule has 1 rings (SSSR count). The fourth-order valence-corrected chi connectivity index (χ4v) is 2.62. The second-order valence-corrected chi connectivity index (χ2v) is 7.82. The topological polar surface area (TPSA) is 150 Å². The van der Waals surface area contributed by atoms with Crippen LogP contribution in [0, 0.1) is 0 Å². The molecule has 0 spiro atoms. The van der Waals surface area contributed by atoms with Crippen molar-refractivity contribution in [3.63, 3.8) is 0 Å². The molecule has 0 saturated heterocycles. The number of nitrogens with zero attached hydrogens (tertiary/aromatic N) is 4. The van der Waals surface area contributed by atoms with Crippen LogP contribution in [0.1, 0.15) is 36.7 Å². The minimum atomic E-state index is -4.26. The molecule has 0 radical (unpaired) electrons. The lowest BCUT2D eigenvalue weighted by molar-refractivity contribution is 0.0381. The van der Waals surface area contributed by atoms with E-state index in [2.05, 4.69) is 10.0 Å². The second-order valence-electron chi connectivity index (χ2n) is 5.96. The molecule has 25 heavy (non-hydrogen) atoms. The highest BCUT2D eigenvalue weighted by Crippen LogP contribution is 2.17. The summed E-state index contributed by atoms with van der Waals surface area (Å²) in [6.45, 7) is 4.33. The van der Waals surface area contributed by atoms with Crippen molar-refractivity contribution in [2.45, 2.75) is 32.9 Å². The zero-order chi connectivity index (χ0) is 19.3. The molecule has 0 bridgehead atoms. The molecule has 0 saturated carbocycles. The van der Waals surface area contributed by atoms with Gasteiger partial charge in [0.25, 0.3) is 0 Å². The van der Waals surface area contributed by atoms with Crippen molar-refractivity contribution in [3.8, 4) is 0 Å². The van der Waals surface area contributed by atoms with Gasteiger partial charge in [0.1, 0.15) is 11.5 Å². The molecule has 11 heteroatoms. The van der Waals surface area contributed by atoms with E-state index in [0.29, 0.717) is 9.87 Å². The lowest BCUT2D eigenvalue weighted by atomic mass is 10.1. The van der Waals surface area contributed by atoms with Crippen LogP contribution < -0.4 is 0 Å². The molecule has 0 aromatic heterocycles. The summed E-state index contributed by atoms with van der Waals surface area (Å²) < 4.78 is 30.1. The van der Waals surface area contributed by atoms with E-state index in [1.165, 1.54) is 24.3 Å². The average Bonchev–Trinajstić information content (AvgIpc) is 2.49. The number of amides is 1. The third-order valence-electron chi connectivity index (χ3n) is 2.74. The zero-order valence-corrected chi connectivity index (χ0v) is 14.7. The molecular formula is C14H18N4O6S. The number of aromatic carboxylic acids is 1. The van der Waals surface area contributed by atoms with Gasteiger partial charge in [-0.2, -0.15) is 4.31 Å². The Morgan fingerprint density at radius 1 is 1.28 bits per heavy atom. The number of azide groups is 1. The highest BCUT2D eigenvalue weighted by atomic mass is 32.2. The Labute approximate surface area is 144 Å². The number of carbonyl (C=O) groups excluding carboxylic acids is 1. The van der Waals surface area contributed by atoms with Gasteiger partial charge in [0.05, 0.1) is 12.1 Å². The lowest BCUT2D eigenvalue weighted by Crippen LogP contribution is -2.41. The van der Waals surface area contributed by atoms with Crippen molar-refractivity contribution in [1.29, 1.82) is 0 Å². The first-order valence-electron chi connectivity index (χ1n) is 7.03. The van der Waals surface area contributed by atoms with E-state index >= 15 is 0 Å². The predicted molar refractivity (Wildman–Crippen MR) is 88.1 cm³/mol. The lowest BCUT2D eigenvalue weighted by Gasteiger charge is -2.26. The molecular weight excluding hydrogens is 352 g/mol. The van der Waals surface area contributed by atoms with Crippen LogP contribution in [0.25, 0.3) is 10.4 Å². The third-order valence-corrected chi connectivity index (χ3v) is 4.14. The van der Waals surface area contributed by atoms with Gasteiger partial charge in [0, 0.05) is 4.91 Å². The van der Waals surface area contributed by atoms with E-state index in [-0.39, 0.29) is 5.56 Å². The number of carboxylic acid groups (broad SMARTS) is 1. The average molecular weight is 370 g/mol. The van der Waals surface area contributed by atoms with Crippen LogP contribution in [0.2, 0.25) is 0 Å². The summed E-state index contributed by atoms with van der Waals surface area (Å²) in [6, 6.07) is 5.32. The van der Waals surface area contributed by atoms with E-state index in [9.17, 15) is 18.0 Å². The van der Waals surface area contributed by atoms with Crippen LogP contribution in [0.4, 0.5) is 4.79 Å². The number of benzene rings is 1. The molecule has 1 aromatic rings. The summed E-state index contributed by atoms with van der Waals surface area (Å²) >= 11 is 0. The number of sulfonamides is 1. The molecule has 0 aliphatic heterocycles. The first-order chi connectivity index (χ1) is 11.5. The summed E-state index contributed by atoms with van der Waals surface area (Å²) in [5, 5.41) is 11.9. The van der Waals surface area contributed by atoms with Gasteiger partial charge in [-0.15, -0.1) is 0 Å². The largest absolute Gasteiger partial charge is 0.478 e. The molecule has 1 amide bonds. The van der Waals surface area contributed by atoms with Crippen LogP contribution in [0.15, 0.2) is 29.4 Å². The normalized spacial score (nSPS) is 11.3. The minimum absolute atomic E-state index is 0.0181. The second kappa shape index (κ2) is 7.86. The number of ether oxygens (including phenoxy) is 1. The van der Waals surface area contributed by atoms with Crippen LogP contribution in [-0.4, -0.2) is 41.4 Å². The Kier molecular flexibility index (Phi) is 6.37.